The highest BCUT2D eigenvalue weighted by Gasteiger charge is 2.09. The summed E-state index contributed by atoms with van der Waals surface area (Å²) in [6.07, 6.45) is 0.580. The molecule has 0 amide bonds. The summed E-state index contributed by atoms with van der Waals surface area (Å²) in [5, 5.41) is 3.11. The van der Waals surface area contributed by atoms with Gasteiger partial charge in [-0.25, -0.2) is 8.42 Å². The minimum absolute atomic E-state index is 0.212. The van der Waals surface area contributed by atoms with Crippen molar-refractivity contribution in [2.24, 2.45) is 0 Å². The van der Waals surface area contributed by atoms with Crippen LogP contribution in [-0.4, -0.2) is 72.3 Å². The lowest BCUT2D eigenvalue weighted by atomic mass is 10.5. The summed E-state index contributed by atoms with van der Waals surface area (Å²) in [7, 11) is 2.65. The quantitative estimate of drug-likeness (QED) is 0.536. The number of nitrogens with one attached hydrogen (secondary N) is 1. The van der Waals surface area contributed by atoms with Gasteiger partial charge in [0.25, 0.3) is 0 Å². The summed E-state index contributed by atoms with van der Waals surface area (Å²) in [6, 6.07) is 0. The van der Waals surface area contributed by atoms with E-state index >= 15 is 0 Å². The van der Waals surface area contributed by atoms with E-state index in [1.54, 1.807) is 7.11 Å². The maximum absolute atomic E-state index is 11.5. The van der Waals surface area contributed by atoms with Crippen LogP contribution in [0.2, 0.25) is 0 Å². The number of nitrogens with zero attached hydrogens (tertiary/aromatic N) is 1. The molecule has 0 saturated heterocycles. The van der Waals surface area contributed by atoms with E-state index in [4.69, 9.17) is 4.74 Å². The normalized spacial score (nSPS) is 12.2. The van der Waals surface area contributed by atoms with Gasteiger partial charge in [-0.3, -0.25) is 0 Å². The first-order valence-corrected chi connectivity index (χ1v) is 7.35. The Morgan fingerprint density at radius 2 is 1.88 bits per heavy atom. The van der Waals surface area contributed by atoms with Gasteiger partial charge in [0, 0.05) is 33.4 Å². The smallest absolute Gasteiger partial charge is 0.151 e. The van der Waals surface area contributed by atoms with Crippen LogP contribution in [-0.2, 0) is 14.6 Å². The number of hydrogen-bond acceptors (Lipinski definition) is 5. The summed E-state index contributed by atoms with van der Waals surface area (Å²) in [5.74, 6) is 0.431. The minimum Gasteiger partial charge on any atom is -0.385 e. The molecule has 0 aliphatic rings. The zero-order chi connectivity index (χ0) is 12.4. The van der Waals surface area contributed by atoms with Gasteiger partial charge in [0.1, 0.15) is 0 Å². The van der Waals surface area contributed by atoms with E-state index in [-0.39, 0.29) is 11.5 Å². The van der Waals surface area contributed by atoms with Gasteiger partial charge >= 0.3 is 0 Å². The van der Waals surface area contributed by atoms with Crippen molar-refractivity contribution in [2.45, 2.75) is 6.42 Å². The standard InChI is InChI=1S/C10H24N2O3S/c1-12(2)7-5-11-6-10-16(13,14)9-4-8-15-3/h11H,4-10H2,1-3H3. The molecule has 5 nitrogen and oxygen atoms in total. The highest BCUT2D eigenvalue weighted by atomic mass is 32.2. The minimum atomic E-state index is -2.91. The van der Waals surface area contributed by atoms with Gasteiger partial charge in [-0.05, 0) is 20.5 Å². The van der Waals surface area contributed by atoms with Gasteiger partial charge in [-0.1, -0.05) is 0 Å². The monoisotopic (exact) mass is 252 g/mol. The van der Waals surface area contributed by atoms with Crippen molar-refractivity contribution in [2.75, 3.05) is 59.0 Å². The van der Waals surface area contributed by atoms with Crippen LogP contribution in [0.4, 0.5) is 0 Å². The van der Waals surface area contributed by atoms with E-state index in [0.29, 0.717) is 19.6 Å². The summed E-state index contributed by atoms with van der Waals surface area (Å²) in [6.45, 7) is 2.78. The zero-order valence-corrected chi connectivity index (χ0v) is 11.3. The van der Waals surface area contributed by atoms with Crippen LogP contribution in [0.1, 0.15) is 6.42 Å². The van der Waals surface area contributed by atoms with Gasteiger partial charge in [-0.15, -0.1) is 0 Å². The average molecular weight is 252 g/mol. The van der Waals surface area contributed by atoms with Gasteiger partial charge < -0.3 is 15.0 Å². The molecule has 0 rings (SSSR count). The lowest BCUT2D eigenvalue weighted by Gasteiger charge is -2.10. The topological polar surface area (TPSA) is 58.6 Å². The average Bonchev–Trinajstić information content (AvgIpc) is 2.16. The molecule has 0 aliphatic heterocycles. The fourth-order valence-corrected chi connectivity index (χ4v) is 2.40. The molecule has 16 heavy (non-hydrogen) atoms. The molecule has 0 atom stereocenters. The third-order valence-electron chi connectivity index (χ3n) is 2.13. The van der Waals surface area contributed by atoms with E-state index in [0.717, 1.165) is 13.1 Å². The number of ether oxygens (including phenoxy) is 1. The predicted molar refractivity (Wildman–Crippen MR) is 66.6 cm³/mol. The summed E-state index contributed by atoms with van der Waals surface area (Å²) >= 11 is 0. The largest absolute Gasteiger partial charge is 0.385 e. The van der Waals surface area contributed by atoms with E-state index in [1.807, 2.05) is 14.1 Å². The maximum Gasteiger partial charge on any atom is 0.151 e. The van der Waals surface area contributed by atoms with Crippen LogP contribution in [0.3, 0.4) is 0 Å². The number of methoxy groups -OCH3 is 1. The fourth-order valence-electron chi connectivity index (χ4n) is 1.18. The predicted octanol–water partition coefficient (Wildman–Crippen LogP) is -0.411. The highest BCUT2D eigenvalue weighted by Crippen LogP contribution is 1.93. The van der Waals surface area contributed by atoms with Crippen molar-refractivity contribution in [3.8, 4) is 0 Å². The molecular formula is C10H24N2O3S. The van der Waals surface area contributed by atoms with Gasteiger partial charge in [0.15, 0.2) is 9.84 Å². The van der Waals surface area contributed by atoms with Crippen LogP contribution in [0, 0.1) is 0 Å². The second-order valence-corrected chi connectivity index (χ2v) is 6.36. The SMILES string of the molecule is COCCCS(=O)(=O)CCNCCN(C)C. The fraction of sp³-hybridized carbons (Fsp3) is 1.00. The van der Waals surface area contributed by atoms with Gasteiger partial charge in [-0.2, -0.15) is 0 Å². The third kappa shape index (κ3) is 10.4. The summed E-state index contributed by atoms with van der Waals surface area (Å²) < 4.78 is 27.8. The second-order valence-electron chi connectivity index (χ2n) is 4.05. The van der Waals surface area contributed by atoms with Crippen LogP contribution in [0.15, 0.2) is 0 Å². The van der Waals surface area contributed by atoms with Crippen molar-refractivity contribution in [1.82, 2.24) is 10.2 Å². The van der Waals surface area contributed by atoms with Crippen LogP contribution >= 0.6 is 0 Å². The van der Waals surface area contributed by atoms with Crippen molar-refractivity contribution < 1.29 is 13.2 Å². The maximum atomic E-state index is 11.5. The van der Waals surface area contributed by atoms with Crippen LogP contribution < -0.4 is 5.32 Å². The Hall–Kier alpha value is -0.170. The summed E-state index contributed by atoms with van der Waals surface area (Å²) in [4.78, 5) is 2.06. The van der Waals surface area contributed by atoms with E-state index in [1.165, 1.54) is 0 Å². The van der Waals surface area contributed by atoms with E-state index in [9.17, 15) is 8.42 Å². The Balaban J connectivity index is 3.51. The molecular weight excluding hydrogens is 228 g/mol. The molecule has 1 N–H and O–H groups in total. The number of hydrogen-bond donors (Lipinski definition) is 1. The third-order valence-corrected chi connectivity index (χ3v) is 3.87. The first kappa shape index (κ1) is 15.8. The Morgan fingerprint density at radius 3 is 2.44 bits per heavy atom. The molecule has 0 aromatic heterocycles. The van der Waals surface area contributed by atoms with Gasteiger partial charge in [0.2, 0.25) is 0 Å². The van der Waals surface area contributed by atoms with Crippen molar-refractivity contribution in [3.05, 3.63) is 0 Å². The molecule has 0 saturated carbocycles. The molecule has 0 bridgehead atoms. The van der Waals surface area contributed by atoms with Crippen molar-refractivity contribution in [3.63, 3.8) is 0 Å². The molecule has 98 valence electrons. The molecule has 0 aromatic carbocycles. The Labute approximate surface area is 99.1 Å². The Morgan fingerprint density at radius 1 is 1.19 bits per heavy atom. The number of likely N-dealkylation sites (N-methyl/N-ethyl adjacent to an activating group) is 1. The molecule has 0 spiro atoms. The number of rotatable bonds is 10. The Bertz CT molecular complexity index is 253. The van der Waals surface area contributed by atoms with Crippen molar-refractivity contribution in [1.29, 1.82) is 0 Å². The van der Waals surface area contributed by atoms with Gasteiger partial charge in [0.05, 0.1) is 11.5 Å². The molecule has 6 heteroatoms. The molecule has 0 aromatic rings. The highest BCUT2D eigenvalue weighted by molar-refractivity contribution is 7.91. The van der Waals surface area contributed by atoms with Crippen molar-refractivity contribution >= 4 is 9.84 Å². The van der Waals surface area contributed by atoms with Crippen LogP contribution in [0.25, 0.3) is 0 Å². The summed E-state index contributed by atoms with van der Waals surface area (Å²) in [5.41, 5.74) is 0. The lowest BCUT2D eigenvalue weighted by Crippen LogP contribution is -2.30. The zero-order valence-electron chi connectivity index (χ0n) is 10.5. The van der Waals surface area contributed by atoms with Crippen LogP contribution in [0.5, 0.6) is 0 Å². The molecule has 0 fully saturated rings. The first-order chi connectivity index (χ1) is 7.48. The van der Waals surface area contributed by atoms with E-state index < -0.39 is 9.84 Å². The first-order valence-electron chi connectivity index (χ1n) is 5.53. The Kier molecular flexibility index (Phi) is 8.83. The lowest BCUT2D eigenvalue weighted by molar-refractivity contribution is 0.199. The number of sulfone groups is 1. The molecule has 0 heterocycles. The molecule has 0 unspecified atom stereocenters. The molecule has 0 radical (unpaired) electrons. The second kappa shape index (κ2) is 8.92. The molecule has 0 aliphatic carbocycles. The van der Waals surface area contributed by atoms with E-state index in [2.05, 4.69) is 10.2 Å².